The second kappa shape index (κ2) is 6.62. The molecule has 1 amide bonds. The van der Waals surface area contributed by atoms with E-state index in [9.17, 15) is 4.79 Å². The molecule has 1 aliphatic heterocycles. The molecule has 0 bridgehead atoms. The van der Waals surface area contributed by atoms with Crippen LogP contribution in [0.2, 0.25) is 0 Å². The standard InChI is InChI=1S/C16H21N3O2S/c1-3-21-13-5-4-6-19(9-13)16(20)14-7-12(8-17-14)15-10-22-11(2)18-15/h7-8,10,13,17H,3-6,9H2,1-2H3/t13-/m1/s1. The molecule has 1 aliphatic rings. The Kier molecular flexibility index (Phi) is 4.59. The highest BCUT2D eigenvalue weighted by Gasteiger charge is 2.25. The number of rotatable bonds is 4. The number of piperidine rings is 1. The highest BCUT2D eigenvalue weighted by molar-refractivity contribution is 7.09. The Morgan fingerprint density at radius 1 is 1.59 bits per heavy atom. The van der Waals surface area contributed by atoms with E-state index in [2.05, 4.69) is 9.97 Å². The zero-order valence-electron chi connectivity index (χ0n) is 13.0. The summed E-state index contributed by atoms with van der Waals surface area (Å²) in [5.74, 6) is 0.0441. The maximum atomic E-state index is 12.6. The molecular formula is C16H21N3O2S. The first kappa shape index (κ1) is 15.2. The molecule has 2 aromatic rings. The van der Waals surface area contributed by atoms with Gasteiger partial charge in [0.2, 0.25) is 0 Å². The third-order valence-electron chi connectivity index (χ3n) is 3.90. The third-order valence-corrected chi connectivity index (χ3v) is 4.67. The van der Waals surface area contributed by atoms with E-state index < -0.39 is 0 Å². The Morgan fingerprint density at radius 2 is 2.45 bits per heavy atom. The van der Waals surface area contributed by atoms with Crippen LogP contribution in [0.3, 0.4) is 0 Å². The van der Waals surface area contributed by atoms with Crippen LogP contribution in [0.25, 0.3) is 11.3 Å². The van der Waals surface area contributed by atoms with Crippen molar-refractivity contribution in [3.63, 3.8) is 0 Å². The fourth-order valence-electron chi connectivity index (χ4n) is 2.83. The van der Waals surface area contributed by atoms with E-state index in [0.29, 0.717) is 18.8 Å². The first-order valence-corrected chi connectivity index (χ1v) is 8.57. The minimum Gasteiger partial charge on any atom is -0.377 e. The number of nitrogens with one attached hydrogen (secondary N) is 1. The Bertz CT molecular complexity index is 647. The molecule has 0 aliphatic carbocycles. The zero-order valence-corrected chi connectivity index (χ0v) is 13.8. The smallest absolute Gasteiger partial charge is 0.270 e. The van der Waals surface area contributed by atoms with Crippen molar-refractivity contribution in [2.45, 2.75) is 32.8 Å². The molecule has 1 atom stereocenters. The minimum absolute atomic E-state index is 0.0441. The van der Waals surface area contributed by atoms with Gasteiger partial charge in [-0.1, -0.05) is 0 Å². The number of amides is 1. The lowest BCUT2D eigenvalue weighted by Crippen LogP contribution is -2.43. The largest absolute Gasteiger partial charge is 0.377 e. The van der Waals surface area contributed by atoms with Crippen LogP contribution in [0, 0.1) is 6.92 Å². The average Bonchev–Trinajstić information content (AvgIpc) is 3.16. The number of aromatic nitrogens is 2. The number of carbonyl (C=O) groups excluding carboxylic acids is 1. The normalized spacial score (nSPS) is 18.6. The molecule has 6 heteroatoms. The van der Waals surface area contributed by atoms with E-state index in [0.717, 1.165) is 35.7 Å². The lowest BCUT2D eigenvalue weighted by molar-refractivity contribution is 0.00706. The second-order valence-electron chi connectivity index (χ2n) is 5.52. The number of ether oxygens (including phenoxy) is 1. The molecule has 5 nitrogen and oxygen atoms in total. The molecule has 3 rings (SSSR count). The molecular weight excluding hydrogens is 298 g/mol. The Hall–Kier alpha value is -1.66. The molecule has 1 N–H and O–H groups in total. The van der Waals surface area contributed by atoms with Gasteiger partial charge in [-0.2, -0.15) is 0 Å². The van der Waals surface area contributed by atoms with Gasteiger partial charge in [0.05, 0.1) is 16.8 Å². The second-order valence-corrected chi connectivity index (χ2v) is 6.59. The molecule has 3 heterocycles. The molecule has 2 aromatic heterocycles. The molecule has 1 saturated heterocycles. The van der Waals surface area contributed by atoms with Crippen molar-refractivity contribution in [3.8, 4) is 11.3 Å². The lowest BCUT2D eigenvalue weighted by Gasteiger charge is -2.32. The Morgan fingerprint density at radius 3 is 3.18 bits per heavy atom. The van der Waals surface area contributed by atoms with Crippen LogP contribution < -0.4 is 0 Å². The van der Waals surface area contributed by atoms with Crippen LogP contribution in [-0.2, 0) is 4.74 Å². The molecule has 1 fully saturated rings. The van der Waals surface area contributed by atoms with Gasteiger partial charge >= 0.3 is 0 Å². The SMILES string of the molecule is CCO[C@@H]1CCCN(C(=O)c2cc(-c3csc(C)n3)c[nH]2)C1. The van der Waals surface area contributed by atoms with Crippen LogP contribution >= 0.6 is 11.3 Å². The number of aryl methyl sites for hydroxylation is 1. The van der Waals surface area contributed by atoms with Crippen molar-refractivity contribution in [2.24, 2.45) is 0 Å². The van der Waals surface area contributed by atoms with Crippen molar-refractivity contribution < 1.29 is 9.53 Å². The molecule has 0 unspecified atom stereocenters. The number of thiazole rings is 1. The maximum absolute atomic E-state index is 12.6. The summed E-state index contributed by atoms with van der Waals surface area (Å²) < 4.78 is 5.66. The quantitative estimate of drug-likeness (QED) is 0.942. The van der Waals surface area contributed by atoms with E-state index in [4.69, 9.17) is 4.74 Å². The number of carbonyl (C=O) groups is 1. The predicted octanol–water partition coefficient (Wildman–Crippen LogP) is 3.09. The molecule has 22 heavy (non-hydrogen) atoms. The minimum atomic E-state index is 0.0441. The van der Waals surface area contributed by atoms with E-state index in [1.54, 1.807) is 11.3 Å². The van der Waals surface area contributed by atoms with Crippen molar-refractivity contribution in [3.05, 3.63) is 28.3 Å². The van der Waals surface area contributed by atoms with E-state index in [1.165, 1.54) is 0 Å². The molecule has 118 valence electrons. The summed E-state index contributed by atoms with van der Waals surface area (Å²) in [6.07, 6.45) is 4.05. The fraction of sp³-hybridized carbons (Fsp3) is 0.500. The third kappa shape index (κ3) is 3.23. The first-order chi connectivity index (χ1) is 10.7. The number of hydrogen-bond acceptors (Lipinski definition) is 4. The van der Waals surface area contributed by atoms with Gasteiger partial charge in [-0.05, 0) is 32.8 Å². The summed E-state index contributed by atoms with van der Waals surface area (Å²) in [6, 6.07) is 1.89. The number of H-pyrrole nitrogens is 1. The summed E-state index contributed by atoms with van der Waals surface area (Å²) in [4.78, 5) is 22.0. The Balaban J connectivity index is 1.71. The van der Waals surface area contributed by atoms with Gasteiger partial charge in [0.15, 0.2) is 0 Å². The number of aromatic amines is 1. The van der Waals surface area contributed by atoms with Crippen LogP contribution in [0.4, 0.5) is 0 Å². The Labute approximate surface area is 134 Å². The van der Waals surface area contributed by atoms with Gasteiger partial charge in [0, 0.05) is 36.8 Å². The van der Waals surface area contributed by atoms with E-state index in [1.807, 2.05) is 36.4 Å². The number of hydrogen-bond donors (Lipinski definition) is 1. The summed E-state index contributed by atoms with van der Waals surface area (Å²) in [5.41, 5.74) is 2.51. The van der Waals surface area contributed by atoms with Crippen molar-refractivity contribution >= 4 is 17.2 Å². The van der Waals surface area contributed by atoms with Crippen molar-refractivity contribution in [1.29, 1.82) is 0 Å². The topological polar surface area (TPSA) is 58.2 Å². The highest BCUT2D eigenvalue weighted by atomic mass is 32.1. The summed E-state index contributed by atoms with van der Waals surface area (Å²) in [6.45, 7) is 6.15. The molecule has 0 aromatic carbocycles. The highest BCUT2D eigenvalue weighted by Crippen LogP contribution is 2.23. The van der Waals surface area contributed by atoms with Gasteiger partial charge in [0.25, 0.3) is 5.91 Å². The van der Waals surface area contributed by atoms with Gasteiger partial charge in [-0.25, -0.2) is 4.98 Å². The van der Waals surface area contributed by atoms with Gasteiger partial charge in [0.1, 0.15) is 5.69 Å². The number of nitrogens with zero attached hydrogens (tertiary/aromatic N) is 2. The van der Waals surface area contributed by atoms with E-state index >= 15 is 0 Å². The van der Waals surface area contributed by atoms with Crippen LogP contribution in [0.5, 0.6) is 0 Å². The molecule has 0 spiro atoms. The van der Waals surface area contributed by atoms with Crippen LogP contribution in [0.15, 0.2) is 17.6 Å². The van der Waals surface area contributed by atoms with Gasteiger partial charge in [-0.3, -0.25) is 4.79 Å². The lowest BCUT2D eigenvalue weighted by atomic mass is 10.1. The van der Waals surface area contributed by atoms with Crippen LogP contribution in [0.1, 0.15) is 35.3 Å². The zero-order chi connectivity index (χ0) is 15.5. The van der Waals surface area contributed by atoms with Crippen LogP contribution in [-0.4, -0.2) is 46.6 Å². The molecule has 0 radical (unpaired) electrons. The van der Waals surface area contributed by atoms with Crippen molar-refractivity contribution in [2.75, 3.05) is 19.7 Å². The monoisotopic (exact) mass is 319 g/mol. The van der Waals surface area contributed by atoms with Gasteiger partial charge in [-0.15, -0.1) is 11.3 Å². The summed E-state index contributed by atoms with van der Waals surface area (Å²) in [5, 5.41) is 3.04. The first-order valence-electron chi connectivity index (χ1n) is 7.69. The van der Waals surface area contributed by atoms with E-state index in [-0.39, 0.29) is 12.0 Å². The summed E-state index contributed by atoms with van der Waals surface area (Å²) in [7, 11) is 0. The predicted molar refractivity (Wildman–Crippen MR) is 87.2 cm³/mol. The van der Waals surface area contributed by atoms with Gasteiger partial charge < -0.3 is 14.6 Å². The summed E-state index contributed by atoms with van der Waals surface area (Å²) >= 11 is 1.61. The fourth-order valence-corrected chi connectivity index (χ4v) is 3.45. The maximum Gasteiger partial charge on any atom is 0.270 e. The van der Waals surface area contributed by atoms with Crippen molar-refractivity contribution in [1.82, 2.24) is 14.9 Å². The molecule has 0 saturated carbocycles. The number of likely N-dealkylation sites (tertiary alicyclic amines) is 1. The average molecular weight is 319 g/mol.